The van der Waals surface area contributed by atoms with Crippen LogP contribution < -0.4 is 4.90 Å². The second-order valence-corrected chi connectivity index (χ2v) is 4.30. The van der Waals surface area contributed by atoms with Gasteiger partial charge in [-0.05, 0) is 19.1 Å². The lowest BCUT2D eigenvalue weighted by Gasteiger charge is -2.19. The third-order valence-corrected chi connectivity index (χ3v) is 2.79. The topological polar surface area (TPSA) is 20.3 Å². The van der Waals surface area contributed by atoms with Crippen molar-refractivity contribution in [2.75, 3.05) is 18.0 Å². The summed E-state index contributed by atoms with van der Waals surface area (Å²) in [4.78, 5) is 12.6. The zero-order valence-corrected chi connectivity index (χ0v) is 8.74. The van der Waals surface area contributed by atoms with Crippen LogP contribution in [0.15, 0.2) is 24.3 Å². The molecule has 0 amide bonds. The van der Waals surface area contributed by atoms with E-state index in [1.165, 1.54) is 0 Å². The van der Waals surface area contributed by atoms with Crippen molar-refractivity contribution in [3.63, 3.8) is 0 Å². The van der Waals surface area contributed by atoms with Crippen LogP contribution >= 0.6 is 0 Å². The number of benzene rings is 1. The lowest BCUT2D eigenvalue weighted by atomic mass is 10.1. The Labute approximate surface area is 88.7 Å². The third kappa shape index (κ3) is 2.17. The third-order valence-electron chi connectivity index (χ3n) is 2.79. The number of carbonyl (C=O) groups excluding carboxylic acids is 1. The van der Waals surface area contributed by atoms with Gasteiger partial charge in [0.1, 0.15) is 12.0 Å². The maximum Gasteiger partial charge on any atom is 0.150 e. The summed E-state index contributed by atoms with van der Waals surface area (Å²) in [6.07, 6.45) is 1.37. The Bertz CT molecular complexity index is 376. The summed E-state index contributed by atoms with van der Waals surface area (Å²) in [6.45, 7) is 2.75. The molecule has 0 bridgehead atoms. The fourth-order valence-electron chi connectivity index (χ4n) is 1.94. The molecule has 0 aromatic heterocycles. The Morgan fingerprint density at radius 1 is 1.53 bits per heavy atom. The predicted octanol–water partition coefficient (Wildman–Crippen LogP) is 2.44. The van der Waals surface area contributed by atoms with Gasteiger partial charge in [0, 0.05) is 24.2 Å². The van der Waals surface area contributed by atoms with E-state index in [-0.39, 0.29) is 0 Å². The van der Waals surface area contributed by atoms with E-state index in [0.29, 0.717) is 18.5 Å². The standard InChI is InChI=1S/C12H14FNO/c1-12(13)5-6-14(9-12)11-4-2-3-10(7-11)8-15/h2-4,7-8H,5-6,9H2,1H3. The minimum atomic E-state index is -1.10. The Morgan fingerprint density at radius 2 is 2.33 bits per heavy atom. The van der Waals surface area contributed by atoms with Gasteiger partial charge < -0.3 is 4.90 Å². The molecule has 1 aliphatic heterocycles. The molecule has 0 N–H and O–H groups in total. The van der Waals surface area contributed by atoms with Crippen molar-refractivity contribution < 1.29 is 9.18 Å². The summed E-state index contributed by atoms with van der Waals surface area (Å²) in [5, 5.41) is 0. The molecule has 1 saturated heterocycles. The highest BCUT2D eigenvalue weighted by Gasteiger charge is 2.33. The van der Waals surface area contributed by atoms with Gasteiger partial charge in [-0.25, -0.2) is 4.39 Å². The maximum atomic E-state index is 13.6. The molecule has 1 atom stereocenters. The van der Waals surface area contributed by atoms with Crippen molar-refractivity contribution >= 4 is 12.0 Å². The van der Waals surface area contributed by atoms with Crippen LogP contribution in [0.1, 0.15) is 23.7 Å². The van der Waals surface area contributed by atoms with Crippen LogP contribution in [0.4, 0.5) is 10.1 Å². The molecule has 1 fully saturated rings. The fraction of sp³-hybridized carbons (Fsp3) is 0.417. The number of alkyl halides is 1. The van der Waals surface area contributed by atoms with Crippen molar-refractivity contribution in [1.82, 2.24) is 0 Å². The van der Waals surface area contributed by atoms with Crippen molar-refractivity contribution in [3.05, 3.63) is 29.8 Å². The van der Waals surface area contributed by atoms with E-state index in [1.54, 1.807) is 19.1 Å². The van der Waals surface area contributed by atoms with Crippen LogP contribution in [0.25, 0.3) is 0 Å². The number of hydrogen-bond acceptors (Lipinski definition) is 2. The van der Waals surface area contributed by atoms with E-state index >= 15 is 0 Å². The average molecular weight is 207 g/mol. The highest BCUT2D eigenvalue weighted by molar-refractivity contribution is 5.77. The quantitative estimate of drug-likeness (QED) is 0.694. The molecule has 0 spiro atoms. The van der Waals surface area contributed by atoms with Gasteiger partial charge in [-0.2, -0.15) is 0 Å². The molecule has 0 radical (unpaired) electrons. The fourth-order valence-corrected chi connectivity index (χ4v) is 1.94. The second-order valence-electron chi connectivity index (χ2n) is 4.30. The zero-order valence-electron chi connectivity index (χ0n) is 8.74. The van der Waals surface area contributed by atoms with Crippen LogP contribution in [-0.2, 0) is 0 Å². The van der Waals surface area contributed by atoms with Gasteiger partial charge in [-0.3, -0.25) is 4.79 Å². The van der Waals surface area contributed by atoms with Gasteiger partial charge in [0.2, 0.25) is 0 Å². The first-order chi connectivity index (χ1) is 7.11. The normalized spacial score (nSPS) is 25.6. The van der Waals surface area contributed by atoms with E-state index in [0.717, 1.165) is 18.5 Å². The molecule has 1 heterocycles. The Hall–Kier alpha value is -1.38. The molecule has 80 valence electrons. The first kappa shape index (κ1) is 10.1. The van der Waals surface area contributed by atoms with E-state index in [9.17, 15) is 9.18 Å². The van der Waals surface area contributed by atoms with Crippen LogP contribution in [0.3, 0.4) is 0 Å². The summed E-state index contributed by atoms with van der Waals surface area (Å²) in [7, 11) is 0. The number of nitrogens with zero attached hydrogens (tertiary/aromatic N) is 1. The zero-order chi connectivity index (χ0) is 10.9. The van der Waals surface area contributed by atoms with E-state index in [1.807, 2.05) is 17.0 Å². The maximum absolute atomic E-state index is 13.6. The Balaban J connectivity index is 2.20. The molecule has 2 rings (SSSR count). The molecule has 15 heavy (non-hydrogen) atoms. The van der Waals surface area contributed by atoms with Gasteiger partial charge in [0.25, 0.3) is 0 Å². The van der Waals surface area contributed by atoms with Crippen LogP contribution in [-0.4, -0.2) is 25.0 Å². The summed E-state index contributed by atoms with van der Waals surface area (Å²) in [5.74, 6) is 0. The van der Waals surface area contributed by atoms with Gasteiger partial charge in [0.15, 0.2) is 0 Å². The average Bonchev–Trinajstić information content (AvgIpc) is 2.59. The molecular weight excluding hydrogens is 193 g/mol. The van der Waals surface area contributed by atoms with E-state index in [4.69, 9.17) is 0 Å². The first-order valence-electron chi connectivity index (χ1n) is 5.10. The molecule has 0 aliphatic carbocycles. The summed E-state index contributed by atoms with van der Waals surface area (Å²) in [5.41, 5.74) is 0.470. The largest absolute Gasteiger partial charge is 0.368 e. The van der Waals surface area contributed by atoms with Crippen molar-refractivity contribution in [3.8, 4) is 0 Å². The minimum absolute atomic E-state index is 0.412. The van der Waals surface area contributed by atoms with Crippen LogP contribution in [0.2, 0.25) is 0 Å². The van der Waals surface area contributed by atoms with Crippen LogP contribution in [0.5, 0.6) is 0 Å². The molecule has 1 unspecified atom stereocenters. The van der Waals surface area contributed by atoms with Crippen LogP contribution in [0, 0.1) is 0 Å². The smallest absolute Gasteiger partial charge is 0.150 e. The molecule has 0 saturated carbocycles. The first-order valence-corrected chi connectivity index (χ1v) is 5.10. The molecule has 1 aromatic rings. The van der Waals surface area contributed by atoms with E-state index < -0.39 is 5.67 Å². The van der Waals surface area contributed by atoms with Gasteiger partial charge in [-0.1, -0.05) is 12.1 Å². The molecule has 2 nitrogen and oxygen atoms in total. The SMILES string of the molecule is CC1(F)CCN(c2cccc(C=O)c2)C1. The lowest BCUT2D eigenvalue weighted by Crippen LogP contribution is -2.25. The molecule has 3 heteroatoms. The van der Waals surface area contributed by atoms with E-state index in [2.05, 4.69) is 0 Å². The summed E-state index contributed by atoms with van der Waals surface area (Å²) in [6, 6.07) is 7.29. The van der Waals surface area contributed by atoms with Gasteiger partial charge in [-0.15, -0.1) is 0 Å². The summed E-state index contributed by atoms with van der Waals surface area (Å²) >= 11 is 0. The van der Waals surface area contributed by atoms with Gasteiger partial charge in [0.05, 0.1) is 6.54 Å². The number of carbonyl (C=O) groups is 1. The van der Waals surface area contributed by atoms with Crippen molar-refractivity contribution in [2.24, 2.45) is 0 Å². The summed E-state index contributed by atoms with van der Waals surface area (Å²) < 4.78 is 13.6. The monoisotopic (exact) mass is 207 g/mol. The molecule has 1 aromatic carbocycles. The number of halogens is 1. The minimum Gasteiger partial charge on any atom is -0.368 e. The van der Waals surface area contributed by atoms with Gasteiger partial charge >= 0.3 is 0 Å². The predicted molar refractivity (Wildman–Crippen MR) is 58.2 cm³/mol. The lowest BCUT2D eigenvalue weighted by molar-refractivity contribution is 0.112. The second kappa shape index (κ2) is 3.65. The highest BCUT2D eigenvalue weighted by Crippen LogP contribution is 2.29. The van der Waals surface area contributed by atoms with Crippen molar-refractivity contribution in [1.29, 1.82) is 0 Å². The number of hydrogen-bond donors (Lipinski definition) is 0. The molecule has 1 aliphatic rings. The molecular formula is C12H14FNO. The van der Waals surface area contributed by atoms with Crippen molar-refractivity contribution in [2.45, 2.75) is 19.0 Å². The number of anilines is 1. The Morgan fingerprint density at radius 3 is 2.93 bits per heavy atom. The number of aldehydes is 1. The Kier molecular flexibility index (Phi) is 2.47. The highest BCUT2D eigenvalue weighted by atomic mass is 19.1. The number of rotatable bonds is 2.